The van der Waals surface area contributed by atoms with Gasteiger partial charge in [0.15, 0.2) is 0 Å². The number of aliphatic carboxylic acids is 1. The molecular weight excluding hydrogens is 540 g/mol. The normalized spacial score (nSPS) is 17.1. The zero-order valence-corrected chi connectivity index (χ0v) is 24.6. The zero-order valence-electron chi connectivity index (χ0n) is 24.6. The molecule has 5 aromatic rings. The van der Waals surface area contributed by atoms with E-state index in [0.717, 1.165) is 77.1 Å². The van der Waals surface area contributed by atoms with E-state index in [2.05, 4.69) is 22.9 Å². The van der Waals surface area contributed by atoms with Crippen LogP contribution in [0.3, 0.4) is 0 Å². The second-order valence-corrected chi connectivity index (χ2v) is 12.2. The first-order valence-corrected chi connectivity index (χ1v) is 15.2. The van der Waals surface area contributed by atoms with Crippen LogP contribution in [0.4, 0.5) is 0 Å². The number of amides is 1. The van der Waals surface area contributed by atoms with Gasteiger partial charge in [-0.15, -0.1) is 0 Å². The summed E-state index contributed by atoms with van der Waals surface area (Å²) in [7, 11) is 1.96. The fourth-order valence-electron chi connectivity index (χ4n) is 7.22. The summed E-state index contributed by atoms with van der Waals surface area (Å²) in [6.07, 6.45) is 15.0. The molecule has 0 atom stereocenters. The minimum atomic E-state index is -0.987. The number of carboxylic acids is 1. The van der Waals surface area contributed by atoms with Crippen LogP contribution in [-0.4, -0.2) is 31.1 Å². The minimum absolute atomic E-state index is 0.103. The summed E-state index contributed by atoms with van der Waals surface area (Å²) in [5.74, 6) is -0.267. The molecule has 2 aliphatic rings. The predicted octanol–water partition coefficient (Wildman–Crippen LogP) is 7.51. The zero-order chi connectivity index (χ0) is 29.7. The van der Waals surface area contributed by atoms with Gasteiger partial charge >= 0.3 is 5.97 Å². The summed E-state index contributed by atoms with van der Waals surface area (Å²) in [5, 5.41) is 13.5. The number of fused-ring (bicyclic) bond motifs is 2. The SMILES string of the molecule is Cc1c(-c2ccoc2)n(C2CCCCC2)c2ccc(C(=O)NC3(c4nc5ccc(/C=C/C(=O)O)cc5n4C)CCC3)cc12. The Kier molecular flexibility index (Phi) is 6.72. The van der Waals surface area contributed by atoms with Gasteiger partial charge in [0.2, 0.25) is 0 Å². The first-order chi connectivity index (χ1) is 20.8. The summed E-state index contributed by atoms with van der Waals surface area (Å²) in [6.45, 7) is 2.15. The molecular formula is C35H36N4O4. The number of nitrogens with zero attached hydrogens (tertiary/aromatic N) is 3. The molecule has 3 aromatic heterocycles. The molecule has 220 valence electrons. The molecule has 7 rings (SSSR count). The highest BCUT2D eigenvalue weighted by Gasteiger charge is 2.44. The molecule has 2 N–H and O–H groups in total. The molecule has 2 fully saturated rings. The number of carbonyl (C=O) groups is 2. The first kappa shape index (κ1) is 27.3. The Labute approximate surface area is 250 Å². The van der Waals surface area contributed by atoms with E-state index in [0.29, 0.717) is 11.6 Å². The van der Waals surface area contributed by atoms with Crippen molar-refractivity contribution in [3.63, 3.8) is 0 Å². The van der Waals surface area contributed by atoms with E-state index in [1.54, 1.807) is 12.3 Å². The molecule has 0 aliphatic heterocycles. The molecule has 43 heavy (non-hydrogen) atoms. The van der Waals surface area contributed by atoms with Gasteiger partial charge in [-0.25, -0.2) is 9.78 Å². The third kappa shape index (κ3) is 4.65. The van der Waals surface area contributed by atoms with Gasteiger partial charge in [-0.3, -0.25) is 4.79 Å². The van der Waals surface area contributed by atoms with Crippen molar-refractivity contribution in [3.05, 3.63) is 83.6 Å². The molecule has 2 saturated carbocycles. The number of furan rings is 1. The maximum atomic E-state index is 13.9. The summed E-state index contributed by atoms with van der Waals surface area (Å²) >= 11 is 0. The van der Waals surface area contributed by atoms with Crippen molar-refractivity contribution in [2.45, 2.75) is 69.9 Å². The van der Waals surface area contributed by atoms with Crippen LogP contribution in [0.15, 0.2) is 65.5 Å². The Morgan fingerprint density at radius 1 is 1.05 bits per heavy atom. The van der Waals surface area contributed by atoms with Gasteiger partial charge in [-0.2, -0.15) is 0 Å². The highest BCUT2D eigenvalue weighted by molar-refractivity contribution is 6.01. The predicted molar refractivity (Wildman–Crippen MR) is 167 cm³/mol. The number of nitrogens with one attached hydrogen (secondary N) is 1. The van der Waals surface area contributed by atoms with E-state index in [-0.39, 0.29) is 5.91 Å². The fourth-order valence-corrected chi connectivity index (χ4v) is 7.22. The Balaban J connectivity index is 1.24. The molecule has 8 heteroatoms. The maximum absolute atomic E-state index is 13.9. The minimum Gasteiger partial charge on any atom is -0.478 e. The van der Waals surface area contributed by atoms with E-state index < -0.39 is 11.5 Å². The lowest BCUT2D eigenvalue weighted by Crippen LogP contribution is -2.52. The average molecular weight is 577 g/mol. The summed E-state index contributed by atoms with van der Waals surface area (Å²) < 4.78 is 10.0. The Morgan fingerprint density at radius 2 is 1.86 bits per heavy atom. The van der Waals surface area contributed by atoms with E-state index in [4.69, 9.17) is 14.5 Å². The van der Waals surface area contributed by atoms with Gasteiger partial charge in [0, 0.05) is 41.2 Å². The molecule has 2 aliphatic carbocycles. The largest absolute Gasteiger partial charge is 0.478 e. The summed E-state index contributed by atoms with van der Waals surface area (Å²) in [5.41, 5.74) is 7.17. The lowest BCUT2D eigenvalue weighted by molar-refractivity contribution is -0.131. The van der Waals surface area contributed by atoms with Crippen LogP contribution in [0.5, 0.6) is 0 Å². The average Bonchev–Trinajstić information content (AvgIpc) is 3.71. The van der Waals surface area contributed by atoms with Gasteiger partial charge in [0.05, 0.1) is 34.8 Å². The number of imidazole rings is 1. The van der Waals surface area contributed by atoms with E-state index in [9.17, 15) is 9.59 Å². The second-order valence-electron chi connectivity index (χ2n) is 12.2. The second kappa shape index (κ2) is 10.6. The molecule has 0 spiro atoms. The van der Waals surface area contributed by atoms with Crippen LogP contribution in [0.1, 0.15) is 84.7 Å². The smallest absolute Gasteiger partial charge is 0.328 e. The summed E-state index contributed by atoms with van der Waals surface area (Å²) in [4.78, 5) is 29.8. The van der Waals surface area contributed by atoms with Crippen LogP contribution < -0.4 is 5.32 Å². The molecule has 0 unspecified atom stereocenters. The van der Waals surface area contributed by atoms with E-state index >= 15 is 0 Å². The molecule has 0 saturated heterocycles. The molecule has 3 heterocycles. The fraction of sp³-hybridized carbons (Fsp3) is 0.343. The number of carbonyl (C=O) groups excluding carboxylic acids is 1. The molecule has 1 amide bonds. The number of carboxylic acid groups (broad SMARTS) is 1. The number of rotatable bonds is 7. The molecule has 0 radical (unpaired) electrons. The van der Waals surface area contributed by atoms with Crippen molar-refractivity contribution in [1.29, 1.82) is 0 Å². The monoisotopic (exact) mass is 576 g/mol. The first-order valence-electron chi connectivity index (χ1n) is 15.2. The number of benzene rings is 2. The Morgan fingerprint density at radius 3 is 2.56 bits per heavy atom. The van der Waals surface area contributed by atoms with Gasteiger partial charge in [-0.1, -0.05) is 25.3 Å². The van der Waals surface area contributed by atoms with E-state index in [1.165, 1.54) is 30.5 Å². The van der Waals surface area contributed by atoms with Crippen molar-refractivity contribution in [1.82, 2.24) is 19.4 Å². The van der Waals surface area contributed by atoms with Crippen LogP contribution in [0.25, 0.3) is 39.3 Å². The molecule has 0 bridgehead atoms. The van der Waals surface area contributed by atoms with Crippen LogP contribution in [-0.2, 0) is 17.4 Å². The third-order valence-electron chi connectivity index (χ3n) is 9.56. The number of hydrogen-bond donors (Lipinski definition) is 2. The number of hydrogen-bond acceptors (Lipinski definition) is 4. The Hall–Kier alpha value is -4.59. The van der Waals surface area contributed by atoms with E-state index in [1.807, 2.05) is 54.3 Å². The van der Waals surface area contributed by atoms with Crippen LogP contribution >= 0.6 is 0 Å². The van der Waals surface area contributed by atoms with Crippen molar-refractivity contribution in [2.24, 2.45) is 7.05 Å². The van der Waals surface area contributed by atoms with Gasteiger partial charge in [-0.05, 0) is 92.6 Å². The molecule has 8 nitrogen and oxygen atoms in total. The van der Waals surface area contributed by atoms with Crippen LogP contribution in [0.2, 0.25) is 0 Å². The lowest BCUT2D eigenvalue weighted by Gasteiger charge is -2.41. The highest BCUT2D eigenvalue weighted by atomic mass is 16.4. The standard InChI is InChI=1S/C35H36N4O4/c1-22-27-20-24(11-13-29(27)39(26-7-4-3-5-8-26)32(22)25-15-18-43-21-25)33(42)37-35(16-6-17-35)34-36-28-12-9-23(10-14-31(40)41)19-30(28)38(34)2/h9-15,18-21,26H,3-8,16-17H2,1-2H3,(H,37,42)(H,40,41)/b14-10+. The lowest BCUT2D eigenvalue weighted by atomic mass is 9.75. The van der Waals surface area contributed by atoms with Gasteiger partial charge in [0.1, 0.15) is 5.82 Å². The van der Waals surface area contributed by atoms with Crippen LogP contribution in [0, 0.1) is 6.92 Å². The highest BCUT2D eigenvalue weighted by Crippen LogP contribution is 2.43. The third-order valence-corrected chi connectivity index (χ3v) is 9.56. The topological polar surface area (TPSA) is 102 Å². The van der Waals surface area contributed by atoms with Crippen molar-refractivity contribution in [2.75, 3.05) is 0 Å². The van der Waals surface area contributed by atoms with Crippen molar-refractivity contribution < 1.29 is 19.1 Å². The maximum Gasteiger partial charge on any atom is 0.328 e. The van der Waals surface area contributed by atoms with Gasteiger partial charge < -0.3 is 24.0 Å². The summed E-state index contributed by atoms with van der Waals surface area (Å²) in [6, 6.07) is 14.3. The quantitative estimate of drug-likeness (QED) is 0.195. The number of aryl methyl sites for hydroxylation is 2. The molecule has 2 aromatic carbocycles. The Bertz CT molecular complexity index is 1880. The number of aromatic nitrogens is 3. The van der Waals surface area contributed by atoms with Crippen molar-refractivity contribution >= 4 is 39.9 Å². The van der Waals surface area contributed by atoms with Gasteiger partial charge in [0.25, 0.3) is 5.91 Å². The van der Waals surface area contributed by atoms with Crippen molar-refractivity contribution in [3.8, 4) is 11.3 Å².